The highest BCUT2D eigenvalue weighted by molar-refractivity contribution is 5.79. The standard InChI is InChI=1S/C21H34N4O2/c1-16-4-3-5-18(14-16)11-13-25-21(23-2)24-12-10-17-6-8-19(9-7-17)27-15-20(22)26/h6-9,16,18H,3-5,10-15H2,1-2H3,(H2,22,26)(H2,23,24,25). The Kier molecular flexibility index (Phi) is 8.95. The Morgan fingerprint density at radius 3 is 2.63 bits per heavy atom. The fraction of sp³-hybridized carbons (Fsp3) is 0.619. The minimum atomic E-state index is -0.472. The third-order valence-electron chi connectivity index (χ3n) is 5.12. The van der Waals surface area contributed by atoms with E-state index in [4.69, 9.17) is 10.5 Å². The molecule has 2 rings (SSSR count). The van der Waals surface area contributed by atoms with Crippen molar-refractivity contribution in [2.24, 2.45) is 22.6 Å². The second-order valence-corrected chi connectivity index (χ2v) is 7.50. The molecule has 1 aromatic rings. The number of nitrogens with one attached hydrogen (secondary N) is 2. The molecule has 1 saturated carbocycles. The van der Waals surface area contributed by atoms with Gasteiger partial charge >= 0.3 is 0 Å². The molecule has 27 heavy (non-hydrogen) atoms. The van der Waals surface area contributed by atoms with Crippen LogP contribution >= 0.6 is 0 Å². The fourth-order valence-electron chi connectivity index (χ4n) is 3.67. The van der Waals surface area contributed by atoms with E-state index in [1.807, 2.05) is 31.3 Å². The van der Waals surface area contributed by atoms with E-state index in [2.05, 4.69) is 22.5 Å². The van der Waals surface area contributed by atoms with E-state index in [0.29, 0.717) is 5.75 Å². The molecular formula is C21H34N4O2. The highest BCUT2D eigenvalue weighted by Gasteiger charge is 2.18. The van der Waals surface area contributed by atoms with Gasteiger partial charge < -0.3 is 21.1 Å². The zero-order chi connectivity index (χ0) is 19.5. The van der Waals surface area contributed by atoms with Crippen molar-refractivity contribution in [3.8, 4) is 5.75 Å². The molecule has 1 aliphatic rings. The summed E-state index contributed by atoms with van der Waals surface area (Å²) >= 11 is 0. The van der Waals surface area contributed by atoms with Crippen LogP contribution in [0.15, 0.2) is 29.3 Å². The first kappa shape index (κ1) is 21.1. The van der Waals surface area contributed by atoms with Gasteiger partial charge in [0.1, 0.15) is 5.75 Å². The molecule has 0 saturated heterocycles. The number of rotatable bonds is 9. The highest BCUT2D eigenvalue weighted by Crippen LogP contribution is 2.30. The molecule has 0 bridgehead atoms. The van der Waals surface area contributed by atoms with Gasteiger partial charge in [0, 0.05) is 20.1 Å². The molecule has 1 aromatic carbocycles. The van der Waals surface area contributed by atoms with Crippen molar-refractivity contribution in [3.63, 3.8) is 0 Å². The van der Waals surface area contributed by atoms with Gasteiger partial charge in [-0.05, 0) is 48.8 Å². The Morgan fingerprint density at radius 2 is 1.96 bits per heavy atom. The number of hydrogen-bond acceptors (Lipinski definition) is 3. The molecule has 150 valence electrons. The average Bonchev–Trinajstić information content (AvgIpc) is 2.66. The van der Waals surface area contributed by atoms with Crippen LogP contribution in [0.3, 0.4) is 0 Å². The molecule has 0 heterocycles. The van der Waals surface area contributed by atoms with Crippen LogP contribution in [-0.4, -0.2) is 38.6 Å². The smallest absolute Gasteiger partial charge is 0.255 e. The van der Waals surface area contributed by atoms with Crippen molar-refractivity contribution >= 4 is 11.9 Å². The van der Waals surface area contributed by atoms with Crippen LogP contribution in [-0.2, 0) is 11.2 Å². The van der Waals surface area contributed by atoms with E-state index in [1.54, 1.807) is 0 Å². The van der Waals surface area contributed by atoms with E-state index in [9.17, 15) is 4.79 Å². The summed E-state index contributed by atoms with van der Waals surface area (Å²) in [5, 5.41) is 6.79. The molecule has 0 aromatic heterocycles. The third kappa shape index (κ3) is 8.33. The van der Waals surface area contributed by atoms with Gasteiger partial charge in [-0.1, -0.05) is 38.3 Å². The Balaban J connectivity index is 1.63. The Labute approximate surface area is 163 Å². The number of benzene rings is 1. The molecule has 2 atom stereocenters. The number of carbonyl (C=O) groups is 1. The first-order chi connectivity index (χ1) is 13.1. The molecule has 2 unspecified atom stereocenters. The minimum absolute atomic E-state index is 0.0946. The summed E-state index contributed by atoms with van der Waals surface area (Å²) in [5.41, 5.74) is 6.27. The van der Waals surface area contributed by atoms with Crippen molar-refractivity contribution in [2.75, 3.05) is 26.7 Å². The van der Waals surface area contributed by atoms with Gasteiger partial charge in [0.05, 0.1) is 0 Å². The molecular weight excluding hydrogens is 340 g/mol. The second kappa shape index (κ2) is 11.5. The number of amides is 1. The summed E-state index contributed by atoms with van der Waals surface area (Å²) in [6.45, 7) is 4.06. The lowest BCUT2D eigenvalue weighted by molar-refractivity contribution is -0.119. The van der Waals surface area contributed by atoms with Crippen molar-refractivity contribution in [3.05, 3.63) is 29.8 Å². The van der Waals surface area contributed by atoms with Crippen LogP contribution in [0.4, 0.5) is 0 Å². The number of guanidine groups is 1. The number of nitrogens with two attached hydrogens (primary N) is 1. The summed E-state index contributed by atoms with van der Waals surface area (Å²) in [7, 11) is 1.81. The lowest BCUT2D eigenvalue weighted by atomic mass is 9.81. The molecule has 0 radical (unpaired) electrons. The van der Waals surface area contributed by atoms with Gasteiger partial charge in [0.25, 0.3) is 5.91 Å². The predicted octanol–water partition coefficient (Wildman–Crippen LogP) is 2.47. The summed E-state index contributed by atoms with van der Waals surface area (Å²) in [5.74, 6) is 2.78. The lowest BCUT2D eigenvalue weighted by Crippen LogP contribution is -2.39. The van der Waals surface area contributed by atoms with Crippen LogP contribution in [0.1, 0.15) is 44.6 Å². The number of aliphatic imine (C=N–C) groups is 1. The number of hydrogen-bond donors (Lipinski definition) is 3. The van der Waals surface area contributed by atoms with E-state index in [0.717, 1.165) is 37.3 Å². The Morgan fingerprint density at radius 1 is 1.22 bits per heavy atom. The van der Waals surface area contributed by atoms with E-state index in [-0.39, 0.29) is 6.61 Å². The summed E-state index contributed by atoms with van der Waals surface area (Å²) < 4.78 is 5.26. The fourth-order valence-corrected chi connectivity index (χ4v) is 3.67. The first-order valence-electron chi connectivity index (χ1n) is 10.0. The highest BCUT2D eigenvalue weighted by atomic mass is 16.5. The van der Waals surface area contributed by atoms with Crippen molar-refractivity contribution in [1.82, 2.24) is 10.6 Å². The number of primary amides is 1. The SMILES string of the molecule is CN=C(NCCc1ccc(OCC(N)=O)cc1)NCCC1CCCC(C)C1. The molecule has 1 amide bonds. The normalized spacial score (nSPS) is 20.1. The van der Waals surface area contributed by atoms with Crippen LogP contribution in [0.25, 0.3) is 0 Å². The summed E-state index contributed by atoms with van der Waals surface area (Å²) in [6.07, 6.45) is 7.62. The largest absolute Gasteiger partial charge is 0.484 e. The molecule has 4 N–H and O–H groups in total. The maximum Gasteiger partial charge on any atom is 0.255 e. The predicted molar refractivity (Wildman–Crippen MR) is 110 cm³/mol. The Bertz CT molecular complexity index is 601. The monoisotopic (exact) mass is 374 g/mol. The van der Waals surface area contributed by atoms with Crippen LogP contribution in [0, 0.1) is 11.8 Å². The van der Waals surface area contributed by atoms with Gasteiger partial charge in [-0.25, -0.2) is 0 Å². The first-order valence-corrected chi connectivity index (χ1v) is 10.0. The molecule has 1 fully saturated rings. The topological polar surface area (TPSA) is 88.7 Å². The third-order valence-corrected chi connectivity index (χ3v) is 5.12. The summed E-state index contributed by atoms with van der Waals surface area (Å²) in [6, 6.07) is 7.71. The van der Waals surface area contributed by atoms with Crippen molar-refractivity contribution in [2.45, 2.75) is 45.4 Å². The molecule has 1 aliphatic carbocycles. The number of nitrogens with zero attached hydrogens (tertiary/aromatic N) is 1. The van der Waals surface area contributed by atoms with Crippen molar-refractivity contribution in [1.29, 1.82) is 0 Å². The van der Waals surface area contributed by atoms with E-state index in [1.165, 1.54) is 37.7 Å². The molecule has 0 aliphatic heterocycles. The van der Waals surface area contributed by atoms with Crippen LogP contribution < -0.4 is 21.1 Å². The maximum absolute atomic E-state index is 10.7. The van der Waals surface area contributed by atoms with Gasteiger partial charge in [0.15, 0.2) is 12.6 Å². The molecule has 6 nitrogen and oxygen atoms in total. The Hall–Kier alpha value is -2.24. The quantitative estimate of drug-likeness (QED) is 0.458. The number of ether oxygens (including phenoxy) is 1. The van der Waals surface area contributed by atoms with E-state index >= 15 is 0 Å². The lowest BCUT2D eigenvalue weighted by Gasteiger charge is -2.26. The van der Waals surface area contributed by atoms with Crippen molar-refractivity contribution < 1.29 is 9.53 Å². The summed E-state index contributed by atoms with van der Waals surface area (Å²) in [4.78, 5) is 15.0. The van der Waals surface area contributed by atoms with Crippen LogP contribution in [0.5, 0.6) is 5.75 Å². The van der Waals surface area contributed by atoms with Crippen LogP contribution in [0.2, 0.25) is 0 Å². The number of carbonyl (C=O) groups excluding carboxylic acids is 1. The van der Waals surface area contributed by atoms with E-state index < -0.39 is 5.91 Å². The zero-order valence-electron chi connectivity index (χ0n) is 16.7. The second-order valence-electron chi connectivity index (χ2n) is 7.50. The van der Waals surface area contributed by atoms with Gasteiger partial charge in [-0.3, -0.25) is 9.79 Å². The van der Waals surface area contributed by atoms with Gasteiger partial charge in [-0.2, -0.15) is 0 Å². The average molecular weight is 375 g/mol. The zero-order valence-corrected chi connectivity index (χ0v) is 16.7. The molecule has 0 spiro atoms. The minimum Gasteiger partial charge on any atom is -0.484 e. The van der Waals surface area contributed by atoms with Gasteiger partial charge in [0.2, 0.25) is 0 Å². The maximum atomic E-state index is 10.7. The van der Waals surface area contributed by atoms with Gasteiger partial charge in [-0.15, -0.1) is 0 Å². The molecule has 6 heteroatoms.